The van der Waals surface area contributed by atoms with Gasteiger partial charge >= 0.3 is 0 Å². The van der Waals surface area contributed by atoms with Crippen LogP contribution in [0.1, 0.15) is 52.5 Å². The number of carbonyl (C=O) groups is 1. The fraction of sp³-hybridized carbons (Fsp3) is 0.412. The van der Waals surface area contributed by atoms with Gasteiger partial charge < -0.3 is 0 Å². The predicted octanol–water partition coefficient (Wildman–Crippen LogP) is 2.89. The van der Waals surface area contributed by atoms with Crippen molar-refractivity contribution in [2.24, 2.45) is 0 Å². The number of fused-ring (bicyclic) bond motifs is 5. The molecular weight excluding hydrogens is 316 g/mol. The fourth-order valence-electron chi connectivity index (χ4n) is 4.28. The summed E-state index contributed by atoms with van der Waals surface area (Å²) in [6, 6.07) is 3.70. The summed E-state index contributed by atoms with van der Waals surface area (Å²) in [5, 5.41) is 8.24. The zero-order valence-electron chi connectivity index (χ0n) is 13.4. The van der Waals surface area contributed by atoms with Crippen LogP contribution in [-0.4, -0.2) is 35.3 Å². The van der Waals surface area contributed by atoms with E-state index in [-0.39, 0.29) is 11.8 Å². The number of H-pyrrole nitrogens is 1. The SMILES string of the molecule is CON(C)C(=O)c1n[nH]c2c1C1CCC2(c2ccc(F)cc2F)C1. The molecule has 0 spiro atoms. The number of halogens is 2. The molecule has 2 aliphatic rings. The summed E-state index contributed by atoms with van der Waals surface area (Å²) in [6.45, 7) is 0. The van der Waals surface area contributed by atoms with Gasteiger partial charge in [-0.3, -0.25) is 14.7 Å². The van der Waals surface area contributed by atoms with E-state index in [0.29, 0.717) is 17.7 Å². The first-order chi connectivity index (χ1) is 11.5. The highest BCUT2D eigenvalue weighted by Gasteiger charge is 2.54. The standard InChI is InChI=1S/C17H17F2N3O2/c1-22(24-2)16(23)14-13-9-5-6-17(8-9,15(13)21-20-14)11-4-3-10(18)7-12(11)19/h3-4,7,9H,5-6,8H2,1-2H3,(H,20,21). The van der Waals surface area contributed by atoms with Crippen molar-refractivity contribution in [3.63, 3.8) is 0 Å². The quantitative estimate of drug-likeness (QED) is 0.879. The third-order valence-corrected chi connectivity index (χ3v) is 5.41. The van der Waals surface area contributed by atoms with Gasteiger partial charge in [-0.25, -0.2) is 13.8 Å². The molecule has 2 bridgehead atoms. The largest absolute Gasteiger partial charge is 0.297 e. The molecule has 1 fully saturated rings. The van der Waals surface area contributed by atoms with Crippen molar-refractivity contribution in [1.29, 1.82) is 0 Å². The van der Waals surface area contributed by atoms with Gasteiger partial charge in [0.25, 0.3) is 5.91 Å². The third kappa shape index (κ3) is 1.87. The van der Waals surface area contributed by atoms with Gasteiger partial charge in [-0.1, -0.05) is 6.07 Å². The van der Waals surface area contributed by atoms with Crippen LogP contribution in [-0.2, 0) is 10.3 Å². The molecular formula is C17H17F2N3O2. The second-order valence-corrected chi connectivity index (χ2v) is 6.49. The molecule has 0 radical (unpaired) electrons. The molecule has 24 heavy (non-hydrogen) atoms. The number of nitrogens with one attached hydrogen (secondary N) is 1. The van der Waals surface area contributed by atoms with Gasteiger partial charge in [0.1, 0.15) is 11.6 Å². The van der Waals surface area contributed by atoms with Crippen LogP contribution in [0.15, 0.2) is 18.2 Å². The van der Waals surface area contributed by atoms with Crippen molar-refractivity contribution >= 4 is 5.91 Å². The van der Waals surface area contributed by atoms with E-state index in [4.69, 9.17) is 4.84 Å². The van der Waals surface area contributed by atoms with Crippen molar-refractivity contribution in [2.75, 3.05) is 14.2 Å². The molecule has 5 nitrogen and oxygen atoms in total. The number of benzene rings is 1. The van der Waals surface area contributed by atoms with E-state index in [0.717, 1.165) is 35.2 Å². The Hall–Kier alpha value is -2.28. The van der Waals surface area contributed by atoms with Crippen LogP contribution in [0.25, 0.3) is 0 Å². The maximum atomic E-state index is 14.4. The lowest BCUT2D eigenvalue weighted by Crippen LogP contribution is -2.27. The zero-order chi connectivity index (χ0) is 17.1. The summed E-state index contributed by atoms with van der Waals surface area (Å²) >= 11 is 0. The highest BCUT2D eigenvalue weighted by atomic mass is 19.1. The molecule has 0 aliphatic heterocycles. The molecule has 0 saturated heterocycles. The summed E-state index contributed by atoms with van der Waals surface area (Å²) in [5.41, 5.74) is 1.85. The number of rotatable bonds is 3. The highest BCUT2D eigenvalue weighted by molar-refractivity contribution is 5.94. The first-order valence-electron chi connectivity index (χ1n) is 7.84. The summed E-state index contributed by atoms with van der Waals surface area (Å²) in [5.74, 6) is -1.34. The number of aromatic amines is 1. The van der Waals surface area contributed by atoms with Crippen LogP contribution >= 0.6 is 0 Å². The molecule has 1 aromatic heterocycles. The summed E-state index contributed by atoms with van der Waals surface area (Å²) in [7, 11) is 2.93. The lowest BCUT2D eigenvalue weighted by Gasteiger charge is -2.27. The van der Waals surface area contributed by atoms with Crippen LogP contribution in [0.2, 0.25) is 0 Å². The van der Waals surface area contributed by atoms with Crippen LogP contribution < -0.4 is 0 Å². The van der Waals surface area contributed by atoms with Crippen molar-refractivity contribution in [2.45, 2.75) is 30.6 Å². The average molecular weight is 333 g/mol. The third-order valence-electron chi connectivity index (χ3n) is 5.41. The molecule has 4 rings (SSSR count). The smallest absolute Gasteiger partial charge is 0.281 e. The number of nitrogens with zero attached hydrogens (tertiary/aromatic N) is 2. The van der Waals surface area contributed by atoms with Gasteiger partial charge in [0.2, 0.25) is 0 Å². The van der Waals surface area contributed by atoms with E-state index in [1.165, 1.54) is 26.3 Å². The van der Waals surface area contributed by atoms with Gasteiger partial charge in [-0.2, -0.15) is 5.10 Å². The van der Waals surface area contributed by atoms with E-state index in [1.807, 2.05) is 0 Å². The molecule has 1 amide bonds. The minimum absolute atomic E-state index is 0.146. The Morgan fingerprint density at radius 3 is 2.96 bits per heavy atom. The Balaban J connectivity index is 1.84. The van der Waals surface area contributed by atoms with Gasteiger partial charge in [-0.15, -0.1) is 0 Å². The first-order valence-corrected chi connectivity index (χ1v) is 7.84. The Kier molecular flexibility index (Phi) is 3.25. The van der Waals surface area contributed by atoms with E-state index in [1.54, 1.807) is 0 Å². The maximum absolute atomic E-state index is 14.4. The monoisotopic (exact) mass is 333 g/mol. The first kappa shape index (κ1) is 15.3. The van der Waals surface area contributed by atoms with Crippen LogP contribution in [0.5, 0.6) is 0 Å². The topological polar surface area (TPSA) is 58.2 Å². The number of hydroxylamine groups is 2. The van der Waals surface area contributed by atoms with Gasteiger partial charge in [0.15, 0.2) is 5.69 Å². The minimum atomic E-state index is -0.595. The Morgan fingerprint density at radius 1 is 1.46 bits per heavy atom. The number of aromatic nitrogens is 2. The normalized spacial score (nSPS) is 24.2. The van der Waals surface area contributed by atoms with E-state index < -0.39 is 17.0 Å². The van der Waals surface area contributed by atoms with Crippen LogP contribution in [0.3, 0.4) is 0 Å². The van der Waals surface area contributed by atoms with Crippen molar-refractivity contribution in [1.82, 2.24) is 15.3 Å². The Bertz CT molecular complexity index is 835. The molecule has 1 aromatic carbocycles. The van der Waals surface area contributed by atoms with E-state index >= 15 is 0 Å². The van der Waals surface area contributed by atoms with Crippen LogP contribution in [0.4, 0.5) is 8.78 Å². The zero-order valence-corrected chi connectivity index (χ0v) is 13.4. The molecule has 1 N–H and O–H groups in total. The molecule has 2 unspecified atom stereocenters. The second-order valence-electron chi connectivity index (χ2n) is 6.49. The molecule has 2 aromatic rings. The molecule has 7 heteroatoms. The van der Waals surface area contributed by atoms with Gasteiger partial charge in [0.05, 0.1) is 12.8 Å². The lowest BCUT2D eigenvalue weighted by molar-refractivity contribution is -0.0761. The summed E-state index contributed by atoms with van der Waals surface area (Å²) < 4.78 is 27.7. The molecule has 126 valence electrons. The number of hydrogen-bond acceptors (Lipinski definition) is 3. The lowest BCUT2D eigenvalue weighted by atomic mass is 9.76. The van der Waals surface area contributed by atoms with Gasteiger partial charge in [0, 0.05) is 29.7 Å². The number of hydrogen-bond donors (Lipinski definition) is 1. The molecule has 1 saturated carbocycles. The number of carbonyl (C=O) groups excluding carboxylic acids is 1. The van der Waals surface area contributed by atoms with Crippen molar-refractivity contribution in [3.05, 3.63) is 52.3 Å². The average Bonchev–Trinajstić information content (AvgIpc) is 3.24. The minimum Gasteiger partial charge on any atom is -0.281 e. The number of amides is 1. The second kappa shape index (κ2) is 5.11. The summed E-state index contributed by atoms with van der Waals surface area (Å²) in [6.07, 6.45) is 2.31. The Labute approximate surface area is 137 Å². The predicted molar refractivity (Wildman–Crippen MR) is 81.4 cm³/mol. The molecule has 2 aliphatic carbocycles. The van der Waals surface area contributed by atoms with E-state index in [2.05, 4.69) is 10.2 Å². The maximum Gasteiger partial charge on any atom is 0.297 e. The fourth-order valence-corrected chi connectivity index (χ4v) is 4.28. The highest BCUT2D eigenvalue weighted by Crippen LogP contribution is 2.60. The molecule has 1 heterocycles. The van der Waals surface area contributed by atoms with Gasteiger partial charge in [-0.05, 0) is 31.2 Å². The Morgan fingerprint density at radius 2 is 2.25 bits per heavy atom. The van der Waals surface area contributed by atoms with Crippen molar-refractivity contribution < 1.29 is 18.4 Å². The van der Waals surface area contributed by atoms with Crippen LogP contribution in [0, 0.1) is 11.6 Å². The van der Waals surface area contributed by atoms with Crippen molar-refractivity contribution in [3.8, 4) is 0 Å². The summed E-state index contributed by atoms with van der Waals surface area (Å²) in [4.78, 5) is 17.4. The van der Waals surface area contributed by atoms with E-state index in [9.17, 15) is 13.6 Å². The molecule has 2 atom stereocenters.